The first-order valence-electron chi connectivity index (χ1n) is 10.3. The zero-order chi connectivity index (χ0) is 20.9. The van der Waals surface area contributed by atoms with Crippen molar-refractivity contribution >= 4 is 11.6 Å². The maximum absolute atomic E-state index is 12.6. The lowest BCUT2D eigenvalue weighted by Crippen LogP contribution is -2.47. The third-order valence-corrected chi connectivity index (χ3v) is 5.90. The Balaban J connectivity index is 1.35. The molecule has 2 aliphatic heterocycles. The van der Waals surface area contributed by atoms with Crippen LogP contribution in [0.1, 0.15) is 31.4 Å². The van der Waals surface area contributed by atoms with Crippen LogP contribution in [0.5, 0.6) is 0 Å². The van der Waals surface area contributed by atoms with E-state index in [-0.39, 0.29) is 5.91 Å². The maximum Gasteiger partial charge on any atom is 0.433 e. The topological polar surface area (TPSA) is 51.7 Å². The number of piperazine rings is 1. The molecule has 162 valence electrons. The fourth-order valence-electron chi connectivity index (χ4n) is 4.00. The van der Waals surface area contributed by atoms with Gasteiger partial charge in [-0.3, -0.25) is 9.69 Å². The number of halogens is 3. The number of piperidine rings is 1. The van der Waals surface area contributed by atoms with Gasteiger partial charge in [-0.25, -0.2) is 4.98 Å². The second-order valence-electron chi connectivity index (χ2n) is 7.78. The van der Waals surface area contributed by atoms with E-state index >= 15 is 0 Å². The van der Waals surface area contributed by atoms with Crippen LogP contribution in [0, 0.1) is 0 Å². The van der Waals surface area contributed by atoms with E-state index in [2.05, 4.69) is 20.1 Å². The average molecular weight is 413 g/mol. The number of hydrogen-bond donors (Lipinski definition) is 1. The van der Waals surface area contributed by atoms with Crippen LogP contribution in [-0.4, -0.2) is 79.6 Å². The minimum atomic E-state index is -4.41. The van der Waals surface area contributed by atoms with Gasteiger partial charge in [0.1, 0.15) is 5.69 Å². The molecule has 29 heavy (non-hydrogen) atoms. The van der Waals surface area contributed by atoms with Crippen molar-refractivity contribution in [2.45, 2.75) is 37.9 Å². The summed E-state index contributed by atoms with van der Waals surface area (Å²) in [4.78, 5) is 22.2. The van der Waals surface area contributed by atoms with Crippen molar-refractivity contribution in [1.29, 1.82) is 0 Å². The van der Waals surface area contributed by atoms with E-state index in [0.717, 1.165) is 76.8 Å². The predicted octanol–water partition coefficient (Wildman–Crippen LogP) is 2.21. The molecule has 3 rings (SSSR count). The van der Waals surface area contributed by atoms with Crippen LogP contribution >= 0.6 is 0 Å². The molecule has 0 aromatic carbocycles. The number of pyridine rings is 1. The highest BCUT2D eigenvalue weighted by Crippen LogP contribution is 2.28. The molecule has 0 spiro atoms. The Hall–Kier alpha value is -1.87. The van der Waals surface area contributed by atoms with E-state index in [1.165, 1.54) is 12.3 Å². The van der Waals surface area contributed by atoms with Crippen molar-refractivity contribution in [2.24, 2.45) is 0 Å². The summed E-state index contributed by atoms with van der Waals surface area (Å²) in [5.41, 5.74) is -0.141. The number of anilines is 1. The third kappa shape index (κ3) is 6.05. The van der Waals surface area contributed by atoms with Crippen molar-refractivity contribution < 1.29 is 18.0 Å². The Kier molecular flexibility index (Phi) is 7.34. The normalized spacial score (nSPS) is 19.6. The number of likely N-dealkylation sites (tertiary alicyclic amines) is 1. The first-order chi connectivity index (χ1) is 13.9. The highest BCUT2D eigenvalue weighted by Gasteiger charge is 2.32. The molecule has 6 nitrogen and oxygen atoms in total. The number of carbonyl (C=O) groups excluding carboxylic acids is 1. The molecule has 1 amide bonds. The zero-order valence-electron chi connectivity index (χ0n) is 16.9. The van der Waals surface area contributed by atoms with Crippen molar-refractivity contribution in [3.05, 3.63) is 24.0 Å². The predicted molar refractivity (Wildman–Crippen MR) is 106 cm³/mol. The lowest BCUT2D eigenvalue weighted by atomic mass is 10.0. The van der Waals surface area contributed by atoms with Gasteiger partial charge in [0, 0.05) is 51.7 Å². The molecule has 2 saturated heterocycles. The lowest BCUT2D eigenvalue weighted by molar-refractivity contribution is -0.141. The van der Waals surface area contributed by atoms with Gasteiger partial charge in [-0.1, -0.05) is 0 Å². The van der Waals surface area contributed by atoms with Gasteiger partial charge in [-0.2, -0.15) is 13.2 Å². The Bertz CT molecular complexity index is 651. The highest BCUT2D eigenvalue weighted by atomic mass is 19.4. The summed E-state index contributed by atoms with van der Waals surface area (Å²) in [6, 6.07) is 3.05. The molecule has 0 unspecified atom stereocenters. The SMILES string of the molecule is CNC1CCN(C(=O)CCCN2CCN(c3ccc(C(F)(F)F)nc3)CC2)CC1. The smallest absolute Gasteiger partial charge is 0.368 e. The molecule has 0 saturated carbocycles. The maximum atomic E-state index is 12.6. The van der Waals surface area contributed by atoms with Crippen molar-refractivity contribution in [3.63, 3.8) is 0 Å². The minimum absolute atomic E-state index is 0.244. The van der Waals surface area contributed by atoms with Crippen LogP contribution < -0.4 is 10.2 Å². The molecule has 2 fully saturated rings. The summed E-state index contributed by atoms with van der Waals surface area (Å²) in [5, 5.41) is 3.27. The zero-order valence-corrected chi connectivity index (χ0v) is 16.9. The van der Waals surface area contributed by atoms with Gasteiger partial charge in [-0.15, -0.1) is 0 Å². The van der Waals surface area contributed by atoms with Crippen LogP contribution in [0.25, 0.3) is 0 Å². The van der Waals surface area contributed by atoms with Crippen LogP contribution in [-0.2, 0) is 11.0 Å². The largest absolute Gasteiger partial charge is 0.433 e. The van der Waals surface area contributed by atoms with Crippen molar-refractivity contribution in [2.75, 3.05) is 57.8 Å². The van der Waals surface area contributed by atoms with E-state index in [0.29, 0.717) is 12.5 Å². The number of carbonyl (C=O) groups is 1. The molecule has 1 aromatic heterocycles. The van der Waals surface area contributed by atoms with E-state index in [1.807, 2.05) is 11.9 Å². The number of nitrogens with one attached hydrogen (secondary N) is 1. The average Bonchev–Trinajstić information content (AvgIpc) is 2.74. The molecule has 0 aliphatic carbocycles. The molecule has 0 atom stereocenters. The summed E-state index contributed by atoms with van der Waals surface area (Å²) >= 11 is 0. The molecule has 0 bridgehead atoms. The molecular weight excluding hydrogens is 383 g/mol. The van der Waals surface area contributed by atoms with Gasteiger partial charge in [0.2, 0.25) is 5.91 Å². The Labute approximate surface area is 170 Å². The minimum Gasteiger partial charge on any atom is -0.368 e. The van der Waals surface area contributed by atoms with Crippen LogP contribution in [0.3, 0.4) is 0 Å². The highest BCUT2D eigenvalue weighted by molar-refractivity contribution is 5.76. The summed E-state index contributed by atoms with van der Waals surface area (Å²) < 4.78 is 37.9. The molecular formula is C20H30F3N5O. The lowest BCUT2D eigenvalue weighted by Gasteiger charge is -2.36. The molecule has 1 N–H and O–H groups in total. The Morgan fingerprint density at radius 1 is 1.14 bits per heavy atom. The van der Waals surface area contributed by atoms with Crippen molar-refractivity contribution in [3.8, 4) is 0 Å². The number of nitrogens with zero attached hydrogens (tertiary/aromatic N) is 4. The quantitative estimate of drug-likeness (QED) is 0.775. The summed E-state index contributed by atoms with van der Waals surface area (Å²) in [6.45, 7) is 5.72. The summed E-state index contributed by atoms with van der Waals surface area (Å²) in [7, 11) is 1.97. The van der Waals surface area contributed by atoms with E-state index in [4.69, 9.17) is 0 Å². The second kappa shape index (κ2) is 9.75. The van der Waals surface area contributed by atoms with E-state index in [1.54, 1.807) is 0 Å². The molecule has 3 heterocycles. The van der Waals surface area contributed by atoms with Gasteiger partial charge < -0.3 is 15.1 Å². The van der Waals surface area contributed by atoms with Gasteiger partial charge in [0.05, 0.1) is 11.9 Å². The van der Waals surface area contributed by atoms with Gasteiger partial charge in [0.15, 0.2) is 0 Å². The number of aromatic nitrogens is 1. The van der Waals surface area contributed by atoms with Crippen LogP contribution in [0.2, 0.25) is 0 Å². The van der Waals surface area contributed by atoms with Gasteiger partial charge in [0.25, 0.3) is 0 Å². The van der Waals surface area contributed by atoms with Crippen LogP contribution in [0.15, 0.2) is 18.3 Å². The first kappa shape index (κ1) is 21.8. The molecule has 1 aromatic rings. The summed E-state index contributed by atoms with van der Waals surface area (Å²) in [6.07, 6.45) is 0.345. The molecule has 9 heteroatoms. The second-order valence-corrected chi connectivity index (χ2v) is 7.78. The fourth-order valence-corrected chi connectivity index (χ4v) is 4.00. The number of rotatable bonds is 6. The third-order valence-electron chi connectivity index (χ3n) is 5.90. The Morgan fingerprint density at radius 3 is 2.38 bits per heavy atom. The fraction of sp³-hybridized carbons (Fsp3) is 0.700. The number of amides is 1. The number of alkyl halides is 3. The Morgan fingerprint density at radius 2 is 1.83 bits per heavy atom. The van der Waals surface area contributed by atoms with E-state index < -0.39 is 11.9 Å². The number of hydrogen-bond acceptors (Lipinski definition) is 5. The van der Waals surface area contributed by atoms with Crippen molar-refractivity contribution in [1.82, 2.24) is 20.1 Å². The summed E-state index contributed by atoms with van der Waals surface area (Å²) in [5.74, 6) is 0.244. The van der Waals surface area contributed by atoms with Gasteiger partial charge >= 0.3 is 6.18 Å². The van der Waals surface area contributed by atoms with E-state index in [9.17, 15) is 18.0 Å². The molecule has 0 radical (unpaired) electrons. The van der Waals surface area contributed by atoms with Crippen LogP contribution in [0.4, 0.5) is 18.9 Å². The first-order valence-corrected chi connectivity index (χ1v) is 10.3. The standard InChI is InChI=1S/C20H30F3N5O/c1-24-16-6-9-28(10-7-16)19(29)3-2-8-26-11-13-27(14-12-26)17-4-5-18(25-15-17)20(21,22)23/h4-5,15-16,24H,2-3,6-14H2,1H3. The monoisotopic (exact) mass is 413 g/mol. The molecule has 2 aliphatic rings. The van der Waals surface area contributed by atoms with Gasteiger partial charge in [-0.05, 0) is 45.0 Å².